The Bertz CT molecular complexity index is 404. The predicted molar refractivity (Wildman–Crippen MR) is 76.6 cm³/mol. The highest BCUT2D eigenvalue weighted by molar-refractivity contribution is 5.91. The Morgan fingerprint density at radius 1 is 1.16 bits per heavy atom. The summed E-state index contributed by atoms with van der Waals surface area (Å²) in [4.78, 5) is 11.7. The SMILES string of the molecule is [CH2]CCCCCC(=O)Nc1ccc(OC)c(OC)c1. The molecule has 0 aliphatic heterocycles. The lowest BCUT2D eigenvalue weighted by molar-refractivity contribution is -0.116. The van der Waals surface area contributed by atoms with Gasteiger partial charge in [-0.15, -0.1) is 0 Å². The van der Waals surface area contributed by atoms with Crippen LogP contribution >= 0.6 is 0 Å². The van der Waals surface area contributed by atoms with Gasteiger partial charge in [0.2, 0.25) is 5.91 Å². The van der Waals surface area contributed by atoms with E-state index in [9.17, 15) is 4.79 Å². The highest BCUT2D eigenvalue weighted by atomic mass is 16.5. The lowest BCUT2D eigenvalue weighted by Crippen LogP contribution is -2.11. The number of amides is 1. The van der Waals surface area contributed by atoms with Gasteiger partial charge < -0.3 is 14.8 Å². The third-order valence-corrected chi connectivity index (χ3v) is 2.82. The molecule has 0 aliphatic rings. The van der Waals surface area contributed by atoms with Crippen molar-refractivity contribution < 1.29 is 14.3 Å². The van der Waals surface area contributed by atoms with Crippen molar-refractivity contribution in [2.24, 2.45) is 0 Å². The van der Waals surface area contributed by atoms with E-state index < -0.39 is 0 Å². The molecule has 1 aromatic carbocycles. The van der Waals surface area contributed by atoms with Crippen LogP contribution in [0.25, 0.3) is 0 Å². The molecule has 0 aromatic heterocycles. The number of rotatable bonds is 8. The molecule has 4 heteroatoms. The molecule has 1 aromatic rings. The largest absolute Gasteiger partial charge is 0.493 e. The smallest absolute Gasteiger partial charge is 0.224 e. The lowest BCUT2D eigenvalue weighted by Gasteiger charge is -2.10. The second-order valence-electron chi connectivity index (χ2n) is 4.28. The van der Waals surface area contributed by atoms with E-state index in [4.69, 9.17) is 9.47 Å². The molecule has 1 rings (SSSR count). The fraction of sp³-hybridized carbons (Fsp3) is 0.467. The third-order valence-electron chi connectivity index (χ3n) is 2.82. The van der Waals surface area contributed by atoms with E-state index >= 15 is 0 Å². The number of ether oxygens (including phenoxy) is 2. The highest BCUT2D eigenvalue weighted by Gasteiger charge is 2.07. The zero-order chi connectivity index (χ0) is 14.1. The van der Waals surface area contributed by atoms with Gasteiger partial charge in [0, 0.05) is 18.2 Å². The van der Waals surface area contributed by atoms with Crippen LogP contribution in [-0.4, -0.2) is 20.1 Å². The van der Waals surface area contributed by atoms with Crippen molar-refractivity contribution in [2.45, 2.75) is 32.1 Å². The van der Waals surface area contributed by atoms with Crippen LogP contribution in [0.5, 0.6) is 11.5 Å². The van der Waals surface area contributed by atoms with E-state index in [0.29, 0.717) is 17.9 Å². The van der Waals surface area contributed by atoms with Crippen LogP contribution in [0.4, 0.5) is 5.69 Å². The second-order valence-corrected chi connectivity index (χ2v) is 4.28. The van der Waals surface area contributed by atoms with E-state index in [-0.39, 0.29) is 5.91 Å². The van der Waals surface area contributed by atoms with Gasteiger partial charge in [0.25, 0.3) is 0 Å². The molecular formula is C15H22NO3. The first-order valence-electron chi connectivity index (χ1n) is 6.52. The van der Waals surface area contributed by atoms with Crippen LogP contribution in [0.15, 0.2) is 18.2 Å². The minimum Gasteiger partial charge on any atom is -0.493 e. The van der Waals surface area contributed by atoms with Gasteiger partial charge in [-0.25, -0.2) is 0 Å². The quantitative estimate of drug-likeness (QED) is 0.732. The Hall–Kier alpha value is -1.71. The molecule has 0 heterocycles. The van der Waals surface area contributed by atoms with Crippen molar-refractivity contribution in [2.75, 3.05) is 19.5 Å². The van der Waals surface area contributed by atoms with Crippen molar-refractivity contribution in [3.63, 3.8) is 0 Å². The summed E-state index contributed by atoms with van der Waals surface area (Å²) in [5.41, 5.74) is 0.722. The Kier molecular flexibility index (Phi) is 6.79. The Morgan fingerprint density at radius 3 is 2.53 bits per heavy atom. The summed E-state index contributed by atoms with van der Waals surface area (Å²) in [6.07, 6.45) is 4.48. The maximum atomic E-state index is 11.7. The van der Waals surface area contributed by atoms with E-state index in [0.717, 1.165) is 31.4 Å². The fourth-order valence-electron chi connectivity index (χ4n) is 1.78. The summed E-state index contributed by atoms with van der Waals surface area (Å²) in [6.45, 7) is 3.78. The Labute approximate surface area is 115 Å². The fourth-order valence-corrected chi connectivity index (χ4v) is 1.78. The molecule has 0 aliphatic carbocycles. The molecule has 1 radical (unpaired) electrons. The molecule has 0 spiro atoms. The summed E-state index contributed by atoms with van der Waals surface area (Å²) in [6, 6.07) is 5.33. The first kappa shape index (κ1) is 15.3. The molecule has 0 saturated carbocycles. The molecule has 105 valence electrons. The maximum Gasteiger partial charge on any atom is 0.224 e. The second kappa shape index (κ2) is 8.40. The molecule has 0 saturated heterocycles. The first-order valence-corrected chi connectivity index (χ1v) is 6.52. The minimum atomic E-state index is 0.0243. The molecule has 4 nitrogen and oxygen atoms in total. The van der Waals surface area contributed by atoms with Gasteiger partial charge in [0.15, 0.2) is 11.5 Å². The lowest BCUT2D eigenvalue weighted by atomic mass is 10.1. The number of carbonyl (C=O) groups excluding carboxylic acids is 1. The monoisotopic (exact) mass is 264 g/mol. The minimum absolute atomic E-state index is 0.0243. The summed E-state index contributed by atoms with van der Waals surface area (Å²) < 4.78 is 10.3. The van der Waals surface area contributed by atoms with Crippen molar-refractivity contribution >= 4 is 11.6 Å². The van der Waals surface area contributed by atoms with E-state index in [1.165, 1.54) is 0 Å². The van der Waals surface area contributed by atoms with Gasteiger partial charge in [-0.3, -0.25) is 4.79 Å². The first-order chi connectivity index (χ1) is 9.21. The van der Waals surface area contributed by atoms with E-state index in [2.05, 4.69) is 12.2 Å². The number of unbranched alkanes of at least 4 members (excludes halogenated alkanes) is 3. The maximum absolute atomic E-state index is 11.7. The van der Waals surface area contributed by atoms with Crippen LogP contribution in [0.2, 0.25) is 0 Å². The molecule has 0 atom stereocenters. The molecule has 19 heavy (non-hydrogen) atoms. The molecule has 0 fully saturated rings. The number of benzene rings is 1. The van der Waals surface area contributed by atoms with Crippen molar-refractivity contribution in [3.05, 3.63) is 25.1 Å². The molecule has 0 unspecified atom stereocenters. The van der Waals surface area contributed by atoms with Crippen LogP contribution in [0.3, 0.4) is 0 Å². The van der Waals surface area contributed by atoms with Crippen LogP contribution in [0.1, 0.15) is 32.1 Å². The Morgan fingerprint density at radius 2 is 1.89 bits per heavy atom. The van der Waals surface area contributed by atoms with Gasteiger partial charge in [0.1, 0.15) is 0 Å². The topological polar surface area (TPSA) is 47.6 Å². The van der Waals surface area contributed by atoms with Gasteiger partial charge in [-0.2, -0.15) is 0 Å². The normalized spacial score (nSPS) is 10.1. The molecule has 1 N–H and O–H groups in total. The molecule has 1 amide bonds. The summed E-state index contributed by atoms with van der Waals surface area (Å²) in [5.74, 6) is 1.28. The third kappa shape index (κ3) is 5.20. The van der Waals surface area contributed by atoms with Crippen molar-refractivity contribution in [1.82, 2.24) is 0 Å². The predicted octanol–water partition coefficient (Wildman–Crippen LogP) is 3.43. The number of hydrogen-bond acceptors (Lipinski definition) is 3. The number of nitrogens with one attached hydrogen (secondary N) is 1. The van der Waals surface area contributed by atoms with Crippen LogP contribution in [0, 0.1) is 6.92 Å². The molecule has 0 bridgehead atoms. The number of carbonyl (C=O) groups is 1. The van der Waals surface area contributed by atoms with Gasteiger partial charge in [0.05, 0.1) is 14.2 Å². The summed E-state index contributed by atoms with van der Waals surface area (Å²) in [5, 5.41) is 2.85. The summed E-state index contributed by atoms with van der Waals surface area (Å²) >= 11 is 0. The van der Waals surface area contributed by atoms with E-state index in [1.54, 1.807) is 32.4 Å². The number of anilines is 1. The number of hydrogen-bond donors (Lipinski definition) is 1. The van der Waals surface area contributed by atoms with Crippen molar-refractivity contribution in [1.29, 1.82) is 0 Å². The average Bonchev–Trinajstić information content (AvgIpc) is 2.43. The summed E-state index contributed by atoms with van der Waals surface area (Å²) in [7, 11) is 3.15. The Balaban J connectivity index is 2.50. The zero-order valence-electron chi connectivity index (χ0n) is 11.7. The van der Waals surface area contributed by atoms with Gasteiger partial charge >= 0.3 is 0 Å². The zero-order valence-corrected chi connectivity index (χ0v) is 11.7. The van der Waals surface area contributed by atoms with Crippen molar-refractivity contribution in [3.8, 4) is 11.5 Å². The van der Waals surface area contributed by atoms with Crippen LogP contribution < -0.4 is 14.8 Å². The average molecular weight is 264 g/mol. The highest BCUT2D eigenvalue weighted by Crippen LogP contribution is 2.29. The molecular weight excluding hydrogens is 242 g/mol. The number of methoxy groups -OCH3 is 2. The van der Waals surface area contributed by atoms with E-state index in [1.807, 2.05) is 0 Å². The van der Waals surface area contributed by atoms with Gasteiger partial charge in [-0.05, 0) is 18.6 Å². The van der Waals surface area contributed by atoms with Crippen LogP contribution in [-0.2, 0) is 4.79 Å². The standard InChI is InChI=1S/C15H22NO3/c1-4-5-6-7-8-15(17)16-12-9-10-13(18-2)14(11-12)19-3/h9-11H,1,4-8H2,2-3H3,(H,16,17). The van der Waals surface area contributed by atoms with Gasteiger partial charge in [-0.1, -0.05) is 26.2 Å².